The summed E-state index contributed by atoms with van der Waals surface area (Å²) in [6, 6.07) is 6.84. The first-order valence-corrected chi connectivity index (χ1v) is 11.2. The molecule has 0 saturated carbocycles. The van der Waals surface area contributed by atoms with Gasteiger partial charge in [-0.25, -0.2) is 4.79 Å². The lowest BCUT2D eigenvalue weighted by atomic mass is 10.1. The Bertz CT molecular complexity index is 1090. The Labute approximate surface area is 216 Å². The first kappa shape index (κ1) is 28.9. The lowest BCUT2D eigenvalue weighted by Crippen LogP contribution is -2.31. The van der Waals surface area contributed by atoms with Crippen molar-refractivity contribution in [2.75, 3.05) is 49.2 Å². The SMILES string of the molecule is COc1cc(/C=C/C(=O)NCC(C)OC(=O)/C=C/c2cc(OC)c(OC)c(OC)c2)cc(OC)c1OC. The third kappa shape index (κ3) is 8.09. The van der Waals surface area contributed by atoms with E-state index in [0.717, 1.165) is 0 Å². The molecule has 0 aliphatic heterocycles. The maximum Gasteiger partial charge on any atom is 0.331 e. The monoisotopic (exact) mass is 515 g/mol. The third-order valence-corrected chi connectivity index (χ3v) is 5.09. The molecule has 1 amide bonds. The van der Waals surface area contributed by atoms with Gasteiger partial charge in [-0.3, -0.25) is 4.79 Å². The maximum absolute atomic E-state index is 12.2. The Balaban J connectivity index is 1.93. The van der Waals surface area contributed by atoms with Crippen LogP contribution in [-0.4, -0.2) is 67.2 Å². The van der Waals surface area contributed by atoms with Crippen molar-refractivity contribution in [2.24, 2.45) is 0 Å². The van der Waals surface area contributed by atoms with Gasteiger partial charge in [-0.05, 0) is 54.5 Å². The second-order valence-electron chi connectivity index (χ2n) is 7.58. The zero-order valence-corrected chi connectivity index (χ0v) is 22.1. The van der Waals surface area contributed by atoms with Crippen LogP contribution in [-0.2, 0) is 14.3 Å². The number of hydrogen-bond acceptors (Lipinski definition) is 9. The number of ether oxygens (including phenoxy) is 7. The van der Waals surface area contributed by atoms with Crippen molar-refractivity contribution in [3.63, 3.8) is 0 Å². The van der Waals surface area contributed by atoms with E-state index in [1.807, 2.05) is 0 Å². The number of carbonyl (C=O) groups is 2. The summed E-state index contributed by atoms with van der Waals surface area (Å²) in [4.78, 5) is 24.5. The number of benzene rings is 2. The van der Waals surface area contributed by atoms with Crippen LogP contribution in [0.1, 0.15) is 18.1 Å². The molecular weight excluding hydrogens is 482 g/mol. The van der Waals surface area contributed by atoms with Crippen LogP contribution >= 0.6 is 0 Å². The molecule has 0 radical (unpaired) electrons. The van der Waals surface area contributed by atoms with Crippen LogP contribution in [0.2, 0.25) is 0 Å². The first-order valence-electron chi connectivity index (χ1n) is 11.2. The number of carbonyl (C=O) groups excluding carboxylic acids is 2. The van der Waals surface area contributed by atoms with Gasteiger partial charge in [0.2, 0.25) is 17.4 Å². The fourth-order valence-electron chi connectivity index (χ4n) is 3.31. The Morgan fingerprint density at radius 3 is 1.49 bits per heavy atom. The van der Waals surface area contributed by atoms with E-state index in [2.05, 4.69) is 5.32 Å². The van der Waals surface area contributed by atoms with Gasteiger partial charge >= 0.3 is 5.97 Å². The van der Waals surface area contributed by atoms with Crippen molar-refractivity contribution in [2.45, 2.75) is 13.0 Å². The molecule has 0 saturated heterocycles. The Kier molecular flexibility index (Phi) is 11.1. The second-order valence-corrected chi connectivity index (χ2v) is 7.58. The molecule has 2 aromatic rings. The summed E-state index contributed by atoms with van der Waals surface area (Å²) in [5.74, 6) is 1.86. The van der Waals surface area contributed by atoms with Gasteiger partial charge in [0.25, 0.3) is 0 Å². The van der Waals surface area contributed by atoms with E-state index in [-0.39, 0.29) is 12.5 Å². The number of amides is 1. The van der Waals surface area contributed by atoms with Crippen LogP contribution in [0.15, 0.2) is 36.4 Å². The summed E-state index contributed by atoms with van der Waals surface area (Å²) in [6.45, 7) is 1.80. The van der Waals surface area contributed by atoms with Crippen molar-refractivity contribution < 1.29 is 42.7 Å². The molecule has 0 bridgehead atoms. The molecule has 0 aliphatic carbocycles. The van der Waals surface area contributed by atoms with Crippen LogP contribution in [0.5, 0.6) is 34.5 Å². The normalized spacial score (nSPS) is 11.6. The quantitative estimate of drug-likeness (QED) is 0.316. The summed E-state index contributed by atoms with van der Waals surface area (Å²) >= 11 is 0. The first-order chi connectivity index (χ1) is 17.8. The average Bonchev–Trinajstić information content (AvgIpc) is 2.92. The van der Waals surface area contributed by atoms with E-state index in [0.29, 0.717) is 45.6 Å². The van der Waals surface area contributed by atoms with Gasteiger partial charge in [-0.15, -0.1) is 0 Å². The highest BCUT2D eigenvalue weighted by Crippen LogP contribution is 2.39. The van der Waals surface area contributed by atoms with Gasteiger partial charge in [0, 0.05) is 12.2 Å². The lowest BCUT2D eigenvalue weighted by Gasteiger charge is -2.13. The summed E-state index contributed by atoms with van der Waals surface area (Å²) in [5, 5.41) is 2.69. The van der Waals surface area contributed by atoms with Crippen molar-refractivity contribution in [3.05, 3.63) is 47.5 Å². The minimum absolute atomic E-state index is 0.127. The van der Waals surface area contributed by atoms with Gasteiger partial charge < -0.3 is 38.5 Å². The number of methoxy groups -OCH3 is 6. The molecule has 0 spiro atoms. The van der Waals surface area contributed by atoms with E-state index in [4.69, 9.17) is 33.2 Å². The topological polar surface area (TPSA) is 111 Å². The predicted octanol–water partition coefficient (Wildman–Crippen LogP) is 3.51. The molecule has 200 valence electrons. The molecule has 0 aromatic heterocycles. The van der Waals surface area contributed by atoms with E-state index >= 15 is 0 Å². The highest BCUT2D eigenvalue weighted by atomic mass is 16.5. The van der Waals surface area contributed by atoms with Gasteiger partial charge in [-0.1, -0.05) is 0 Å². The smallest absolute Gasteiger partial charge is 0.331 e. The van der Waals surface area contributed by atoms with Crippen molar-refractivity contribution >= 4 is 24.0 Å². The van der Waals surface area contributed by atoms with Gasteiger partial charge in [0.05, 0.1) is 49.2 Å². The number of hydrogen-bond donors (Lipinski definition) is 1. The fourth-order valence-corrected chi connectivity index (χ4v) is 3.31. The molecule has 37 heavy (non-hydrogen) atoms. The summed E-state index contributed by atoms with van der Waals surface area (Å²) < 4.78 is 37.2. The zero-order chi connectivity index (χ0) is 27.4. The van der Waals surface area contributed by atoms with Crippen LogP contribution < -0.4 is 33.7 Å². The Morgan fingerprint density at radius 1 is 0.703 bits per heavy atom. The summed E-state index contributed by atoms with van der Waals surface area (Å²) in [5.41, 5.74) is 1.34. The van der Waals surface area contributed by atoms with Crippen molar-refractivity contribution in [3.8, 4) is 34.5 Å². The van der Waals surface area contributed by atoms with Crippen LogP contribution in [0, 0.1) is 0 Å². The summed E-state index contributed by atoms with van der Waals surface area (Å²) in [7, 11) is 9.07. The fraction of sp³-hybridized carbons (Fsp3) is 0.333. The van der Waals surface area contributed by atoms with Crippen LogP contribution in [0.4, 0.5) is 0 Å². The van der Waals surface area contributed by atoms with Gasteiger partial charge in [0.1, 0.15) is 6.10 Å². The van der Waals surface area contributed by atoms with E-state index in [1.165, 1.54) is 54.8 Å². The largest absolute Gasteiger partial charge is 0.493 e. The molecule has 1 N–H and O–H groups in total. The van der Waals surface area contributed by atoms with Crippen LogP contribution in [0.25, 0.3) is 12.2 Å². The summed E-state index contributed by atoms with van der Waals surface area (Å²) in [6.07, 6.45) is 5.26. The molecule has 1 atom stereocenters. The predicted molar refractivity (Wildman–Crippen MR) is 139 cm³/mol. The molecule has 0 fully saturated rings. The Hall–Kier alpha value is -4.34. The van der Waals surface area contributed by atoms with Crippen molar-refractivity contribution in [1.82, 2.24) is 5.32 Å². The average molecular weight is 516 g/mol. The van der Waals surface area contributed by atoms with Crippen LogP contribution in [0.3, 0.4) is 0 Å². The molecule has 0 aliphatic rings. The Morgan fingerprint density at radius 2 is 1.11 bits per heavy atom. The highest BCUT2D eigenvalue weighted by Gasteiger charge is 2.14. The maximum atomic E-state index is 12.2. The molecule has 10 heteroatoms. The number of esters is 1. The number of rotatable bonds is 13. The standard InChI is InChI=1S/C27H33NO9/c1-17(37-25(30)11-9-19-14-22(33-4)27(36-7)23(15-19)34-5)16-28-24(29)10-8-18-12-20(31-2)26(35-6)21(13-18)32-3/h8-15,17H,16H2,1-7H3,(H,28,29)/b10-8+,11-9+. The minimum atomic E-state index is -0.566. The number of nitrogens with one attached hydrogen (secondary N) is 1. The molecule has 10 nitrogen and oxygen atoms in total. The zero-order valence-electron chi connectivity index (χ0n) is 22.1. The second kappa shape index (κ2) is 14.3. The third-order valence-electron chi connectivity index (χ3n) is 5.09. The molecule has 2 rings (SSSR count). The van der Waals surface area contributed by atoms with Crippen molar-refractivity contribution in [1.29, 1.82) is 0 Å². The molecule has 0 heterocycles. The van der Waals surface area contributed by atoms with E-state index in [9.17, 15) is 9.59 Å². The van der Waals surface area contributed by atoms with Gasteiger partial charge in [0.15, 0.2) is 23.0 Å². The van der Waals surface area contributed by atoms with E-state index < -0.39 is 12.1 Å². The lowest BCUT2D eigenvalue weighted by molar-refractivity contribution is -0.142. The minimum Gasteiger partial charge on any atom is -0.493 e. The molecular formula is C27H33NO9. The molecule has 2 aromatic carbocycles. The highest BCUT2D eigenvalue weighted by molar-refractivity contribution is 5.92. The van der Waals surface area contributed by atoms with E-state index in [1.54, 1.807) is 43.3 Å². The molecule has 1 unspecified atom stereocenters. The van der Waals surface area contributed by atoms with Gasteiger partial charge in [-0.2, -0.15) is 0 Å².